The van der Waals surface area contributed by atoms with Crippen LogP contribution in [0.5, 0.6) is 0 Å². The van der Waals surface area contributed by atoms with Crippen LogP contribution < -0.4 is 0 Å². The maximum atomic E-state index is 10.6. The third-order valence-corrected chi connectivity index (χ3v) is 2.85. The van der Waals surface area contributed by atoms with Crippen LogP contribution in [-0.2, 0) is 11.2 Å². The van der Waals surface area contributed by atoms with Gasteiger partial charge in [0.1, 0.15) is 0 Å². The second-order valence-electron chi connectivity index (χ2n) is 3.63. The van der Waals surface area contributed by atoms with Gasteiger partial charge in [0, 0.05) is 23.6 Å². The molecule has 0 aliphatic heterocycles. The van der Waals surface area contributed by atoms with Gasteiger partial charge in [0.25, 0.3) is 5.69 Å². The zero-order valence-corrected chi connectivity index (χ0v) is 10.9. The molecular weight excluding hydrogens is 274 g/mol. The van der Waals surface area contributed by atoms with Gasteiger partial charge < -0.3 is 4.74 Å². The molecule has 0 fully saturated rings. The van der Waals surface area contributed by atoms with Crippen LogP contribution in [-0.4, -0.2) is 23.5 Å². The van der Waals surface area contributed by atoms with Crippen molar-refractivity contribution in [1.82, 2.24) is 0 Å². The van der Waals surface area contributed by atoms with Gasteiger partial charge >= 0.3 is 0 Å². The minimum absolute atomic E-state index is 0.168. The molecule has 1 aromatic rings. The molecule has 0 aromatic heterocycles. The van der Waals surface area contributed by atoms with Gasteiger partial charge in [-0.3, -0.25) is 10.1 Å². The fourth-order valence-corrected chi connectivity index (χ4v) is 2.18. The fourth-order valence-electron chi connectivity index (χ4n) is 1.54. The van der Waals surface area contributed by atoms with Crippen molar-refractivity contribution in [3.8, 4) is 0 Å². The second-order valence-corrected chi connectivity index (χ2v) is 4.93. The molecule has 0 saturated heterocycles. The lowest BCUT2D eigenvalue weighted by molar-refractivity contribution is -0.385. The van der Waals surface area contributed by atoms with E-state index in [9.17, 15) is 10.1 Å². The molecule has 4 nitrogen and oxygen atoms in total. The SMILES string of the molecule is COCC(Br)Cc1ccc([N+](=O)[O-])c(C)c1. The van der Waals surface area contributed by atoms with Crippen LogP contribution in [0.15, 0.2) is 18.2 Å². The van der Waals surface area contributed by atoms with Crippen molar-refractivity contribution in [3.05, 3.63) is 39.4 Å². The van der Waals surface area contributed by atoms with Crippen molar-refractivity contribution < 1.29 is 9.66 Å². The molecule has 5 heteroatoms. The Morgan fingerprint density at radius 3 is 2.75 bits per heavy atom. The highest BCUT2D eigenvalue weighted by molar-refractivity contribution is 9.09. The first-order chi connectivity index (χ1) is 7.54. The Hall–Kier alpha value is -0.940. The van der Waals surface area contributed by atoms with E-state index in [1.165, 1.54) is 0 Å². The summed E-state index contributed by atoms with van der Waals surface area (Å²) in [5.41, 5.74) is 1.93. The second kappa shape index (κ2) is 5.96. The highest BCUT2D eigenvalue weighted by Crippen LogP contribution is 2.20. The van der Waals surface area contributed by atoms with Crippen molar-refractivity contribution in [3.63, 3.8) is 0 Å². The number of nitro groups is 1. The average Bonchev–Trinajstić information content (AvgIpc) is 2.17. The first-order valence-corrected chi connectivity index (χ1v) is 5.83. The van der Waals surface area contributed by atoms with Gasteiger partial charge in [-0.05, 0) is 25.0 Å². The molecule has 0 amide bonds. The number of benzene rings is 1. The summed E-state index contributed by atoms with van der Waals surface area (Å²) < 4.78 is 5.01. The van der Waals surface area contributed by atoms with Crippen LogP contribution in [0.25, 0.3) is 0 Å². The molecule has 1 rings (SSSR count). The molecule has 0 radical (unpaired) electrons. The van der Waals surface area contributed by atoms with Crippen LogP contribution in [0.1, 0.15) is 11.1 Å². The highest BCUT2D eigenvalue weighted by atomic mass is 79.9. The number of methoxy groups -OCH3 is 1. The monoisotopic (exact) mass is 287 g/mol. The Morgan fingerprint density at radius 1 is 1.56 bits per heavy atom. The van der Waals surface area contributed by atoms with Crippen LogP contribution in [0, 0.1) is 17.0 Å². The van der Waals surface area contributed by atoms with Crippen molar-refractivity contribution in [2.75, 3.05) is 13.7 Å². The summed E-state index contributed by atoms with van der Waals surface area (Å²) in [5, 5.41) is 10.6. The third-order valence-electron chi connectivity index (χ3n) is 2.26. The lowest BCUT2D eigenvalue weighted by Crippen LogP contribution is -2.10. The van der Waals surface area contributed by atoms with Crippen molar-refractivity contribution in [2.45, 2.75) is 18.2 Å². The lowest BCUT2D eigenvalue weighted by Gasteiger charge is -2.09. The molecule has 0 spiro atoms. The molecular formula is C11H14BrNO3. The topological polar surface area (TPSA) is 52.4 Å². The number of ether oxygens (including phenoxy) is 1. The van der Waals surface area contributed by atoms with E-state index in [4.69, 9.17) is 4.74 Å². The summed E-state index contributed by atoms with van der Waals surface area (Å²) in [7, 11) is 1.65. The molecule has 88 valence electrons. The van der Waals surface area contributed by atoms with E-state index in [2.05, 4.69) is 15.9 Å². The molecule has 0 aliphatic rings. The Labute approximate surface area is 103 Å². The Bertz CT molecular complexity index is 381. The standard InChI is InChI=1S/C11H14BrNO3/c1-8-5-9(6-10(12)7-16-2)3-4-11(8)13(14)15/h3-5,10H,6-7H2,1-2H3. The first-order valence-electron chi connectivity index (χ1n) is 4.91. The highest BCUT2D eigenvalue weighted by Gasteiger charge is 2.12. The molecule has 1 unspecified atom stereocenters. The zero-order chi connectivity index (χ0) is 12.1. The Morgan fingerprint density at radius 2 is 2.25 bits per heavy atom. The van der Waals surface area contributed by atoms with E-state index < -0.39 is 0 Å². The lowest BCUT2D eigenvalue weighted by atomic mass is 10.1. The van der Waals surface area contributed by atoms with Gasteiger partial charge in [-0.2, -0.15) is 0 Å². The van der Waals surface area contributed by atoms with Crippen molar-refractivity contribution in [2.24, 2.45) is 0 Å². The zero-order valence-electron chi connectivity index (χ0n) is 9.27. The summed E-state index contributed by atoms with van der Waals surface area (Å²) in [4.78, 5) is 10.5. The normalized spacial score (nSPS) is 12.4. The predicted molar refractivity (Wildman–Crippen MR) is 66.1 cm³/mol. The summed E-state index contributed by atoms with van der Waals surface area (Å²) in [5.74, 6) is 0. The smallest absolute Gasteiger partial charge is 0.272 e. The van der Waals surface area contributed by atoms with Crippen LogP contribution in [0.3, 0.4) is 0 Å². The molecule has 1 aromatic carbocycles. The molecule has 1 atom stereocenters. The van der Waals surface area contributed by atoms with Crippen LogP contribution in [0.4, 0.5) is 5.69 Å². The number of nitrogens with zero attached hydrogens (tertiary/aromatic N) is 1. The minimum atomic E-state index is -0.361. The molecule has 0 aliphatic carbocycles. The van der Waals surface area contributed by atoms with E-state index in [1.807, 2.05) is 6.07 Å². The van der Waals surface area contributed by atoms with E-state index in [0.29, 0.717) is 12.2 Å². The van der Waals surface area contributed by atoms with Crippen LogP contribution in [0.2, 0.25) is 0 Å². The third kappa shape index (κ3) is 3.57. The number of rotatable bonds is 5. The number of hydrogen-bond acceptors (Lipinski definition) is 3. The number of aryl methyl sites for hydroxylation is 1. The number of nitro benzene ring substituents is 1. The number of hydrogen-bond donors (Lipinski definition) is 0. The van der Waals surface area contributed by atoms with Crippen molar-refractivity contribution >= 4 is 21.6 Å². The quantitative estimate of drug-likeness (QED) is 0.475. The van der Waals surface area contributed by atoms with Gasteiger partial charge in [0.15, 0.2) is 0 Å². The van der Waals surface area contributed by atoms with E-state index in [-0.39, 0.29) is 15.4 Å². The van der Waals surface area contributed by atoms with E-state index in [1.54, 1.807) is 26.2 Å². The Kier molecular flexibility index (Phi) is 4.89. The van der Waals surface area contributed by atoms with Gasteiger partial charge in [0.05, 0.1) is 11.5 Å². The molecule has 0 bridgehead atoms. The van der Waals surface area contributed by atoms with Gasteiger partial charge in [0.2, 0.25) is 0 Å². The predicted octanol–water partition coefficient (Wildman–Crippen LogP) is 2.86. The largest absolute Gasteiger partial charge is 0.384 e. The van der Waals surface area contributed by atoms with Gasteiger partial charge in [-0.15, -0.1) is 0 Å². The van der Waals surface area contributed by atoms with Crippen molar-refractivity contribution in [1.29, 1.82) is 0 Å². The minimum Gasteiger partial charge on any atom is -0.384 e. The summed E-state index contributed by atoms with van der Waals surface area (Å²) in [6.07, 6.45) is 0.798. The Balaban J connectivity index is 2.77. The van der Waals surface area contributed by atoms with Gasteiger partial charge in [-0.25, -0.2) is 0 Å². The fraction of sp³-hybridized carbons (Fsp3) is 0.455. The molecule has 16 heavy (non-hydrogen) atoms. The first kappa shape index (κ1) is 13.1. The van der Waals surface area contributed by atoms with E-state index in [0.717, 1.165) is 12.0 Å². The molecule has 0 saturated carbocycles. The van der Waals surface area contributed by atoms with Crippen LogP contribution >= 0.6 is 15.9 Å². The molecule has 0 N–H and O–H groups in total. The maximum absolute atomic E-state index is 10.6. The summed E-state index contributed by atoms with van der Waals surface area (Å²) in [6, 6.07) is 5.19. The summed E-state index contributed by atoms with van der Waals surface area (Å²) >= 11 is 3.49. The van der Waals surface area contributed by atoms with Gasteiger partial charge in [-0.1, -0.05) is 22.0 Å². The number of alkyl halides is 1. The number of halogens is 1. The average molecular weight is 288 g/mol. The molecule has 0 heterocycles. The van der Waals surface area contributed by atoms with E-state index >= 15 is 0 Å². The summed E-state index contributed by atoms with van der Waals surface area (Å²) in [6.45, 7) is 2.37. The maximum Gasteiger partial charge on any atom is 0.272 e.